The molecule has 0 saturated heterocycles. The number of rotatable bonds is 19. The Bertz CT molecular complexity index is 1050. The van der Waals surface area contributed by atoms with E-state index in [1.54, 1.807) is 7.11 Å². The molecule has 0 bridgehead atoms. The lowest BCUT2D eigenvalue weighted by Gasteiger charge is -2.19. The molecule has 3 rings (SSSR count). The predicted molar refractivity (Wildman–Crippen MR) is 166 cm³/mol. The summed E-state index contributed by atoms with van der Waals surface area (Å²) in [7, 11) is 2.20. The number of unbranched alkanes of at least 4 members (excludes halogenated alkanes) is 8. The molecule has 0 atom stereocenters. The molecule has 0 aliphatic heterocycles. The maximum atomic E-state index is 5.99. The van der Waals surface area contributed by atoms with Gasteiger partial charge in [-0.05, 0) is 78.6 Å². The fourth-order valence-corrected chi connectivity index (χ4v) is 5.86. The van der Waals surface area contributed by atoms with Crippen LogP contribution in [0.2, 0.25) is 19.1 Å². The van der Waals surface area contributed by atoms with Crippen molar-refractivity contribution in [1.82, 2.24) is 0 Å². The third-order valence-electron chi connectivity index (χ3n) is 7.35. The maximum absolute atomic E-state index is 5.99. The van der Waals surface area contributed by atoms with Crippen molar-refractivity contribution in [3.8, 4) is 28.4 Å². The maximum Gasteiger partial charge on any atom is 0.186 e. The van der Waals surface area contributed by atoms with Gasteiger partial charge in [0.15, 0.2) is 8.32 Å². The van der Waals surface area contributed by atoms with Crippen LogP contribution < -0.4 is 14.2 Å². The fourth-order valence-electron chi connectivity index (χ4n) is 4.56. The molecule has 0 fully saturated rings. The Morgan fingerprint density at radius 1 is 0.513 bits per heavy atom. The number of ether oxygens (including phenoxy) is 3. The van der Waals surface area contributed by atoms with E-state index >= 15 is 0 Å². The predicted octanol–water partition coefficient (Wildman–Crippen LogP) is 9.68. The van der Waals surface area contributed by atoms with Gasteiger partial charge < -0.3 is 18.6 Å². The van der Waals surface area contributed by atoms with Gasteiger partial charge >= 0.3 is 0 Å². The van der Waals surface area contributed by atoms with E-state index in [0.717, 1.165) is 47.0 Å². The van der Waals surface area contributed by atoms with Crippen molar-refractivity contribution in [3.05, 3.63) is 78.4 Å². The molecule has 0 aliphatic rings. The quantitative estimate of drug-likeness (QED) is 0.110. The first-order chi connectivity index (χ1) is 19.0. The molecule has 0 amide bonds. The van der Waals surface area contributed by atoms with E-state index in [1.807, 2.05) is 43.5 Å². The molecule has 39 heavy (non-hydrogen) atoms. The minimum atomic E-state index is -1.35. The lowest BCUT2D eigenvalue weighted by molar-refractivity contribution is 0.300. The Morgan fingerprint density at radius 2 is 0.974 bits per heavy atom. The molecule has 0 unspecified atom stereocenters. The Hall–Kier alpha value is -2.76. The Kier molecular flexibility index (Phi) is 13.4. The molecule has 0 radical (unpaired) electrons. The van der Waals surface area contributed by atoms with Gasteiger partial charge in [-0.15, -0.1) is 0 Å². The lowest BCUT2D eigenvalue weighted by Crippen LogP contribution is -2.27. The second-order valence-electron chi connectivity index (χ2n) is 10.9. The Labute approximate surface area is 237 Å². The van der Waals surface area contributed by atoms with E-state index in [9.17, 15) is 0 Å². The first-order valence-corrected chi connectivity index (χ1v) is 17.7. The van der Waals surface area contributed by atoms with Crippen molar-refractivity contribution in [2.75, 3.05) is 20.8 Å². The van der Waals surface area contributed by atoms with Crippen LogP contribution in [-0.2, 0) is 11.0 Å². The summed E-state index contributed by atoms with van der Waals surface area (Å²) >= 11 is 0. The van der Waals surface area contributed by atoms with Gasteiger partial charge in [-0.1, -0.05) is 87.8 Å². The van der Waals surface area contributed by atoms with Crippen LogP contribution in [0.5, 0.6) is 17.2 Å². The van der Waals surface area contributed by atoms with E-state index in [-0.39, 0.29) is 0 Å². The molecule has 3 aromatic carbocycles. The molecule has 212 valence electrons. The summed E-state index contributed by atoms with van der Waals surface area (Å²) < 4.78 is 22.8. The molecule has 0 aliphatic carbocycles. The van der Waals surface area contributed by atoms with Gasteiger partial charge in [0.05, 0.1) is 13.7 Å². The highest BCUT2D eigenvalue weighted by Gasteiger charge is 2.19. The third kappa shape index (κ3) is 11.9. The zero-order chi connectivity index (χ0) is 27.8. The summed E-state index contributed by atoms with van der Waals surface area (Å²) in [6.45, 7) is 5.95. The number of hydrogen-bond acceptors (Lipinski definition) is 4. The van der Waals surface area contributed by atoms with E-state index in [4.69, 9.17) is 18.6 Å². The van der Waals surface area contributed by atoms with Gasteiger partial charge in [-0.3, -0.25) is 0 Å². The molecule has 5 heteroatoms. The van der Waals surface area contributed by atoms with Crippen LogP contribution in [0, 0.1) is 0 Å². The Balaban J connectivity index is 1.22. The zero-order valence-electron chi connectivity index (χ0n) is 24.5. The van der Waals surface area contributed by atoms with Crippen molar-refractivity contribution < 1.29 is 18.6 Å². The van der Waals surface area contributed by atoms with E-state index < -0.39 is 8.32 Å². The molecule has 0 spiro atoms. The van der Waals surface area contributed by atoms with Crippen molar-refractivity contribution in [2.24, 2.45) is 0 Å². The fraction of sp³-hybridized carbons (Fsp3) is 0.471. The van der Waals surface area contributed by atoms with E-state index in [0.29, 0.717) is 6.61 Å². The van der Waals surface area contributed by atoms with Gasteiger partial charge in [0.25, 0.3) is 0 Å². The van der Waals surface area contributed by atoms with Crippen LogP contribution in [0.3, 0.4) is 0 Å². The molecule has 0 saturated carbocycles. The van der Waals surface area contributed by atoms with Crippen LogP contribution in [0.15, 0.2) is 72.8 Å². The summed E-state index contributed by atoms with van der Waals surface area (Å²) in [6, 6.07) is 25.8. The largest absolute Gasteiger partial charge is 0.497 e. The van der Waals surface area contributed by atoms with Gasteiger partial charge in [-0.25, -0.2) is 0 Å². The van der Waals surface area contributed by atoms with Crippen molar-refractivity contribution >= 4 is 8.32 Å². The standard InChI is InChI=1S/C34H48O4Si/c1-35-32-22-16-30(17-23-32)31-18-24-34(25-19-31)38-28-29-14-20-33(21-15-29)37-26-12-10-8-6-5-7-9-11-13-27-39(3,4)36-2/h14-25H,5-13,26-28H2,1-4H3. The van der Waals surface area contributed by atoms with Crippen molar-refractivity contribution in [1.29, 1.82) is 0 Å². The highest BCUT2D eigenvalue weighted by atomic mass is 28.4. The van der Waals surface area contributed by atoms with Gasteiger partial charge in [0.2, 0.25) is 0 Å². The van der Waals surface area contributed by atoms with Gasteiger partial charge in [-0.2, -0.15) is 0 Å². The summed E-state index contributed by atoms with van der Waals surface area (Å²) in [5.74, 6) is 2.66. The highest BCUT2D eigenvalue weighted by molar-refractivity contribution is 6.71. The van der Waals surface area contributed by atoms with Crippen molar-refractivity contribution in [2.45, 2.75) is 83.5 Å². The minimum absolute atomic E-state index is 0.537. The number of methoxy groups -OCH3 is 1. The lowest BCUT2D eigenvalue weighted by atomic mass is 10.1. The number of benzene rings is 3. The number of hydrogen-bond donors (Lipinski definition) is 0. The van der Waals surface area contributed by atoms with Gasteiger partial charge in [0.1, 0.15) is 23.9 Å². The average molecular weight is 549 g/mol. The smallest absolute Gasteiger partial charge is 0.186 e. The Morgan fingerprint density at radius 3 is 1.51 bits per heavy atom. The van der Waals surface area contributed by atoms with E-state index in [2.05, 4.69) is 49.5 Å². The van der Waals surface area contributed by atoms with Crippen LogP contribution >= 0.6 is 0 Å². The van der Waals surface area contributed by atoms with Crippen LogP contribution in [0.1, 0.15) is 63.4 Å². The van der Waals surface area contributed by atoms with Crippen LogP contribution in [0.4, 0.5) is 0 Å². The second-order valence-corrected chi connectivity index (χ2v) is 15.4. The SMILES string of the molecule is COc1ccc(-c2ccc(OCc3ccc(OCCCCCCCCCCC[Si](C)(C)OC)cc3)cc2)cc1. The molecule has 0 heterocycles. The van der Waals surface area contributed by atoms with Crippen molar-refractivity contribution in [3.63, 3.8) is 0 Å². The summed E-state index contributed by atoms with van der Waals surface area (Å²) in [5, 5.41) is 0. The topological polar surface area (TPSA) is 36.9 Å². The second kappa shape index (κ2) is 17.0. The average Bonchev–Trinajstić information content (AvgIpc) is 2.97. The summed E-state index contributed by atoms with van der Waals surface area (Å²) in [5.41, 5.74) is 3.44. The minimum Gasteiger partial charge on any atom is -0.497 e. The first kappa shape index (κ1) is 30.8. The molecule has 0 aromatic heterocycles. The summed E-state index contributed by atoms with van der Waals surface area (Å²) in [6.07, 6.45) is 11.8. The monoisotopic (exact) mass is 548 g/mol. The summed E-state index contributed by atoms with van der Waals surface area (Å²) in [4.78, 5) is 0. The molecular weight excluding hydrogens is 500 g/mol. The van der Waals surface area contributed by atoms with Gasteiger partial charge in [0, 0.05) is 7.11 Å². The van der Waals surface area contributed by atoms with E-state index in [1.165, 1.54) is 57.4 Å². The third-order valence-corrected chi connectivity index (χ3v) is 10.0. The molecular formula is C34H48O4Si. The molecule has 4 nitrogen and oxygen atoms in total. The first-order valence-electron chi connectivity index (χ1n) is 14.6. The molecule has 3 aromatic rings. The molecule has 0 N–H and O–H groups in total. The van der Waals surface area contributed by atoms with Crippen LogP contribution in [0.25, 0.3) is 11.1 Å². The highest BCUT2D eigenvalue weighted by Crippen LogP contribution is 2.25. The zero-order valence-corrected chi connectivity index (χ0v) is 25.5. The normalized spacial score (nSPS) is 11.4. The van der Waals surface area contributed by atoms with Crippen LogP contribution in [-0.4, -0.2) is 29.1 Å².